The van der Waals surface area contributed by atoms with Gasteiger partial charge in [0.15, 0.2) is 0 Å². The second-order valence-corrected chi connectivity index (χ2v) is 10.9. The van der Waals surface area contributed by atoms with Crippen LogP contribution >= 0.6 is 23.2 Å². The van der Waals surface area contributed by atoms with Crippen LogP contribution in [0, 0.1) is 0 Å². The van der Waals surface area contributed by atoms with E-state index in [2.05, 4.69) is 10.6 Å². The SMILES string of the molecule is O=C(Nc1cc2ccccc2c(Cc2c(O)c(NC(=O)c3ccc(Cl)cc3)cc3ccccc23)c1O)c1ccc(Cl)cc1. The predicted octanol–water partition coefficient (Wildman–Crippen LogP) is 8.81. The zero-order valence-electron chi connectivity index (χ0n) is 22.6. The van der Waals surface area contributed by atoms with Gasteiger partial charge < -0.3 is 20.8 Å². The van der Waals surface area contributed by atoms with Crippen molar-refractivity contribution in [3.05, 3.63) is 141 Å². The molecule has 0 bridgehead atoms. The largest absolute Gasteiger partial charge is 0.505 e. The summed E-state index contributed by atoms with van der Waals surface area (Å²) in [7, 11) is 0. The third kappa shape index (κ3) is 5.71. The van der Waals surface area contributed by atoms with E-state index in [9.17, 15) is 19.8 Å². The number of aromatic hydroxyl groups is 2. The van der Waals surface area contributed by atoms with E-state index in [0.29, 0.717) is 32.3 Å². The van der Waals surface area contributed by atoms with Crippen molar-refractivity contribution in [1.29, 1.82) is 0 Å². The molecule has 0 saturated heterocycles. The molecule has 0 aromatic heterocycles. The first-order valence-electron chi connectivity index (χ1n) is 13.4. The van der Waals surface area contributed by atoms with E-state index < -0.39 is 11.8 Å². The maximum absolute atomic E-state index is 13.0. The fourth-order valence-electron chi connectivity index (χ4n) is 5.14. The Balaban J connectivity index is 1.44. The number of phenolic OH excluding ortho intramolecular Hbond substituents is 2. The molecule has 0 atom stereocenters. The molecule has 2 amide bonds. The molecule has 8 heteroatoms. The zero-order valence-corrected chi connectivity index (χ0v) is 24.1. The van der Waals surface area contributed by atoms with Crippen molar-refractivity contribution in [2.75, 3.05) is 10.6 Å². The third-order valence-electron chi connectivity index (χ3n) is 7.32. The van der Waals surface area contributed by atoms with Crippen LogP contribution in [0.5, 0.6) is 11.5 Å². The molecule has 0 spiro atoms. The Labute approximate surface area is 257 Å². The van der Waals surface area contributed by atoms with E-state index in [-0.39, 0.29) is 29.3 Å². The molecule has 0 unspecified atom stereocenters. The summed E-state index contributed by atoms with van der Waals surface area (Å²) in [6.07, 6.45) is 0.105. The standard InChI is InChI=1S/C35H24Cl2N2O4/c36-24-13-9-20(10-14-24)34(42)38-30-17-22-5-1-3-7-26(22)28(32(30)40)19-29-27-8-4-2-6-23(27)18-31(33(29)41)39-35(43)21-11-15-25(37)16-12-21/h1-18,40-41H,19H2,(H,38,42)(H,39,43). The molecule has 4 N–H and O–H groups in total. The summed E-state index contributed by atoms with van der Waals surface area (Å²) >= 11 is 11.9. The molecular weight excluding hydrogens is 583 g/mol. The molecule has 6 aromatic rings. The summed E-state index contributed by atoms with van der Waals surface area (Å²) in [5.41, 5.74) is 2.23. The predicted molar refractivity (Wildman–Crippen MR) is 173 cm³/mol. The van der Waals surface area contributed by atoms with Crippen molar-refractivity contribution in [2.45, 2.75) is 6.42 Å². The lowest BCUT2D eigenvalue weighted by atomic mass is 9.92. The van der Waals surface area contributed by atoms with Gasteiger partial charge in [0.2, 0.25) is 0 Å². The number of carbonyl (C=O) groups excluding carboxylic acids is 2. The van der Waals surface area contributed by atoms with Crippen LogP contribution in [0.25, 0.3) is 21.5 Å². The van der Waals surface area contributed by atoms with Crippen molar-refractivity contribution in [3.63, 3.8) is 0 Å². The van der Waals surface area contributed by atoms with Crippen LogP contribution in [0.3, 0.4) is 0 Å². The first-order valence-corrected chi connectivity index (χ1v) is 14.1. The van der Waals surface area contributed by atoms with Gasteiger partial charge in [0.1, 0.15) is 11.5 Å². The van der Waals surface area contributed by atoms with E-state index in [1.807, 2.05) is 48.5 Å². The topological polar surface area (TPSA) is 98.7 Å². The highest BCUT2D eigenvalue weighted by molar-refractivity contribution is 6.31. The first-order chi connectivity index (χ1) is 20.8. The highest BCUT2D eigenvalue weighted by Crippen LogP contribution is 2.42. The van der Waals surface area contributed by atoms with Crippen molar-refractivity contribution in [1.82, 2.24) is 0 Å². The molecule has 0 heterocycles. The number of halogens is 2. The van der Waals surface area contributed by atoms with E-state index >= 15 is 0 Å². The molecule has 6 nitrogen and oxygen atoms in total. The number of nitrogens with one attached hydrogen (secondary N) is 2. The van der Waals surface area contributed by atoms with Crippen LogP contribution in [-0.2, 0) is 6.42 Å². The Bertz CT molecular complexity index is 1880. The second-order valence-electron chi connectivity index (χ2n) is 10.0. The summed E-state index contributed by atoms with van der Waals surface area (Å²) in [6, 6.07) is 31.3. The molecule has 6 aromatic carbocycles. The summed E-state index contributed by atoms with van der Waals surface area (Å²) in [4.78, 5) is 26.1. The molecule has 212 valence electrons. The quantitative estimate of drug-likeness (QED) is 0.142. The lowest BCUT2D eigenvalue weighted by Gasteiger charge is -2.18. The number of benzene rings is 6. The van der Waals surface area contributed by atoms with Gasteiger partial charge in [0.25, 0.3) is 11.8 Å². The Hall–Kier alpha value is -5.04. The average molecular weight is 607 g/mol. The van der Waals surface area contributed by atoms with Gasteiger partial charge in [-0.15, -0.1) is 0 Å². The Morgan fingerprint density at radius 2 is 0.930 bits per heavy atom. The van der Waals surface area contributed by atoms with Gasteiger partial charge >= 0.3 is 0 Å². The van der Waals surface area contributed by atoms with E-state index in [1.165, 1.54) is 0 Å². The number of rotatable bonds is 6. The highest BCUT2D eigenvalue weighted by atomic mass is 35.5. The fraction of sp³-hybridized carbons (Fsp3) is 0.0286. The van der Waals surface area contributed by atoms with Gasteiger partial charge in [-0.25, -0.2) is 0 Å². The van der Waals surface area contributed by atoms with Crippen LogP contribution in [0.4, 0.5) is 11.4 Å². The maximum Gasteiger partial charge on any atom is 0.255 e. The maximum atomic E-state index is 13.0. The first kappa shape index (κ1) is 28.1. The summed E-state index contributed by atoms with van der Waals surface area (Å²) < 4.78 is 0. The van der Waals surface area contributed by atoms with Gasteiger partial charge in [-0.1, -0.05) is 71.7 Å². The molecule has 0 aliphatic rings. The van der Waals surface area contributed by atoms with Crippen LogP contribution in [0.2, 0.25) is 10.0 Å². The summed E-state index contributed by atoms with van der Waals surface area (Å²) in [5, 5.41) is 32.8. The monoisotopic (exact) mass is 606 g/mol. The van der Waals surface area contributed by atoms with Gasteiger partial charge in [0, 0.05) is 38.7 Å². The third-order valence-corrected chi connectivity index (χ3v) is 7.82. The highest BCUT2D eigenvalue weighted by Gasteiger charge is 2.21. The Morgan fingerprint density at radius 3 is 1.33 bits per heavy atom. The molecule has 0 radical (unpaired) electrons. The molecule has 6 rings (SSSR count). The molecule has 0 aliphatic carbocycles. The minimum atomic E-state index is -0.409. The smallest absolute Gasteiger partial charge is 0.255 e. The Morgan fingerprint density at radius 1 is 0.558 bits per heavy atom. The Kier molecular flexibility index (Phi) is 7.63. The van der Waals surface area contributed by atoms with Crippen LogP contribution in [0.15, 0.2) is 109 Å². The molecular formula is C35H24Cl2N2O4. The molecule has 0 aliphatic heterocycles. The van der Waals surface area contributed by atoms with Crippen LogP contribution in [-0.4, -0.2) is 22.0 Å². The van der Waals surface area contributed by atoms with Crippen molar-refractivity contribution in [3.8, 4) is 11.5 Å². The van der Waals surface area contributed by atoms with Gasteiger partial charge in [-0.3, -0.25) is 9.59 Å². The lowest BCUT2D eigenvalue weighted by Crippen LogP contribution is -2.13. The molecule has 43 heavy (non-hydrogen) atoms. The van der Waals surface area contributed by atoms with Crippen molar-refractivity contribution >= 4 is 67.9 Å². The van der Waals surface area contributed by atoms with Crippen LogP contribution in [0.1, 0.15) is 31.8 Å². The average Bonchev–Trinajstić information content (AvgIpc) is 3.01. The number of phenols is 2. The van der Waals surface area contributed by atoms with Crippen molar-refractivity contribution in [2.24, 2.45) is 0 Å². The van der Waals surface area contributed by atoms with Crippen molar-refractivity contribution < 1.29 is 19.8 Å². The number of anilines is 2. The molecule has 0 saturated carbocycles. The normalized spacial score (nSPS) is 11.0. The fourth-order valence-corrected chi connectivity index (χ4v) is 5.39. The summed E-state index contributed by atoms with van der Waals surface area (Å²) in [6.45, 7) is 0. The lowest BCUT2D eigenvalue weighted by molar-refractivity contribution is 0.101. The van der Waals surface area contributed by atoms with Gasteiger partial charge in [0.05, 0.1) is 11.4 Å². The minimum Gasteiger partial charge on any atom is -0.505 e. The number of hydrogen-bond acceptors (Lipinski definition) is 4. The summed E-state index contributed by atoms with van der Waals surface area (Å²) in [5.74, 6) is -1.07. The minimum absolute atomic E-state index is 0.105. The zero-order chi connectivity index (χ0) is 30.1. The van der Waals surface area contributed by atoms with E-state index in [4.69, 9.17) is 23.2 Å². The van der Waals surface area contributed by atoms with E-state index in [0.717, 1.165) is 21.5 Å². The number of hydrogen-bond donors (Lipinski definition) is 4. The number of amides is 2. The molecule has 0 fully saturated rings. The van der Waals surface area contributed by atoms with Crippen LogP contribution < -0.4 is 10.6 Å². The number of fused-ring (bicyclic) bond motifs is 2. The second kappa shape index (κ2) is 11.7. The number of carbonyl (C=O) groups is 2. The van der Waals surface area contributed by atoms with Gasteiger partial charge in [-0.2, -0.15) is 0 Å². The van der Waals surface area contributed by atoms with Gasteiger partial charge in [-0.05, 0) is 82.2 Å². The van der Waals surface area contributed by atoms with E-state index in [1.54, 1.807) is 60.7 Å².